The van der Waals surface area contributed by atoms with Crippen LogP contribution in [0.3, 0.4) is 0 Å². The molecule has 0 heterocycles. The van der Waals surface area contributed by atoms with Gasteiger partial charge in [-0.3, -0.25) is 0 Å². The van der Waals surface area contributed by atoms with Crippen molar-refractivity contribution in [2.24, 2.45) is 0 Å². The molecule has 12 nitrogen and oxygen atoms in total. The van der Waals surface area contributed by atoms with Gasteiger partial charge in [-0.25, -0.2) is 0 Å². The van der Waals surface area contributed by atoms with Crippen molar-refractivity contribution in [3.05, 3.63) is 381 Å². The minimum Gasteiger partial charge on any atom is -2.00 e. The molecule has 0 radical (unpaired) electrons. The van der Waals surface area contributed by atoms with E-state index >= 15 is 0 Å². The number of benzene rings is 13. The third kappa shape index (κ3) is 35.3. The van der Waals surface area contributed by atoms with E-state index in [0.717, 1.165) is 26.1 Å². The van der Waals surface area contributed by atoms with Gasteiger partial charge in [-0.05, 0) is 84.9 Å². The molecule has 0 aliphatic rings. The summed E-state index contributed by atoms with van der Waals surface area (Å²) in [7, 11) is 0. The summed E-state index contributed by atoms with van der Waals surface area (Å²) < 4.78 is 33.4. The van der Waals surface area contributed by atoms with Gasteiger partial charge in [0.25, 0.3) is 0 Å². The molecule has 0 aliphatic carbocycles. The second kappa shape index (κ2) is 51.7. The molecule has 0 N–H and O–H groups in total. The first-order valence-electron chi connectivity index (χ1n) is 43.9. The zero-order chi connectivity index (χ0) is 96.5. The number of hydrogen-bond donors (Lipinski definition) is 0. The molecule has 13 rings (SSSR count). The van der Waals surface area contributed by atoms with Gasteiger partial charge in [0.2, 0.25) is 0 Å². The van der Waals surface area contributed by atoms with E-state index in [1.54, 1.807) is 48.5 Å². The predicted molar refractivity (Wildman–Crippen MR) is 529 cm³/mol. The molecular weight excluding hydrogens is 1930 g/mol. The van der Waals surface area contributed by atoms with Crippen LogP contribution >= 0.6 is 0 Å². The topological polar surface area (TPSA) is 276 Å². The van der Waals surface area contributed by atoms with Crippen LogP contribution in [-0.2, 0) is 104 Å². The average Bonchev–Trinajstić information content (AvgIpc) is 0.754. The summed E-state index contributed by atoms with van der Waals surface area (Å²) in [6.45, 7) is 59.2. The molecular formula is C116H140As2Mo2O12-12. The van der Waals surface area contributed by atoms with Crippen molar-refractivity contribution in [2.45, 2.75) is 251 Å². The molecule has 0 aliphatic heterocycles. The third-order valence-electron chi connectivity index (χ3n) is 21.3. The first kappa shape index (κ1) is 120. The Hall–Kier alpha value is -9.73. The largest absolute Gasteiger partial charge is 2.00 e. The van der Waals surface area contributed by atoms with Crippen molar-refractivity contribution in [2.75, 3.05) is 0 Å². The Balaban J connectivity index is 0.000000751. The molecule has 0 atom stereocenters. The van der Waals surface area contributed by atoms with Gasteiger partial charge < -0.3 is 51.8 Å². The SMILES string of the molecule is CC(C)(C)c1ccc(C(C)(C)C)c([O-])c1[O-].CC(C)(C)c1ccc(C(C)(C)C)c([O-])c1[O-].CC(C)(C)c1ccc(C(C)(C)C)c([O-])c1[O-].CC(C)(C)c1ccc(C(C)(C)C)c([O-])c1[O-].Cc1ccc(C)cc1.Cc1ccc(C)cc1.Cc1ccc(C)cc1.O=[As](c1ccccc1)(c1ccccc1)c1ccccc1.O=[As](c1ccccc1)(c1ccccc1)c1ccccc1.[Mo].[Mo].[O-2].[O-2]. The smallest absolute Gasteiger partial charge is 0 e. The summed E-state index contributed by atoms with van der Waals surface area (Å²) in [5.41, 5.74) is 10.6. The number of rotatable bonds is 6. The van der Waals surface area contributed by atoms with Crippen LogP contribution < -0.4 is 67.0 Å². The summed E-state index contributed by atoms with van der Waals surface area (Å²) in [5, 5.41) is 95.8. The van der Waals surface area contributed by atoms with E-state index in [2.05, 4.69) is 114 Å². The van der Waals surface area contributed by atoms with Crippen molar-refractivity contribution >= 4 is 53.1 Å². The average molecular weight is 2070 g/mol. The van der Waals surface area contributed by atoms with E-state index < -0.39 is 27.0 Å². The second-order valence-electron chi connectivity index (χ2n) is 41.0. The van der Waals surface area contributed by atoms with Gasteiger partial charge in [0, 0.05) is 42.1 Å². The fraction of sp³-hybridized carbons (Fsp3) is 0.328. The molecule has 0 aromatic heterocycles. The van der Waals surface area contributed by atoms with Crippen LogP contribution in [0.5, 0.6) is 46.0 Å². The predicted octanol–water partition coefficient (Wildman–Crippen LogP) is 20.6. The van der Waals surface area contributed by atoms with Gasteiger partial charge in [0.05, 0.1) is 0 Å². The molecule has 0 bridgehead atoms. The van der Waals surface area contributed by atoms with Gasteiger partial charge in [-0.1, -0.05) is 365 Å². The van der Waals surface area contributed by atoms with Gasteiger partial charge in [-0.2, -0.15) is 0 Å². The van der Waals surface area contributed by atoms with Crippen LogP contribution in [-0.4, -0.2) is 27.0 Å². The Bertz CT molecular complexity index is 4720. The van der Waals surface area contributed by atoms with Crippen molar-refractivity contribution in [3.63, 3.8) is 0 Å². The Morgan fingerprint density at radius 1 is 0.159 bits per heavy atom. The summed E-state index contributed by atoms with van der Waals surface area (Å²) >= 11 is -7.09. The van der Waals surface area contributed by atoms with Gasteiger partial charge in [0.15, 0.2) is 0 Å². The summed E-state index contributed by atoms with van der Waals surface area (Å²) in [6.07, 6.45) is 0. The van der Waals surface area contributed by atoms with Crippen LogP contribution in [0.2, 0.25) is 0 Å². The molecule has 0 amide bonds. The molecule has 0 fully saturated rings. The van der Waals surface area contributed by atoms with Crippen LogP contribution in [0.4, 0.5) is 0 Å². The molecule has 0 spiro atoms. The molecule has 132 heavy (non-hydrogen) atoms. The summed E-state index contributed by atoms with van der Waals surface area (Å²) in [5.74, 6) is -2.78. The van der Waals surface area contributed by atoms with Gasteiger partial charge >= 0.3 is 243 Å². The van der Waals surface area contributed by atoms with E-state index in [0.29, 0.717) is 44.5 Å². The molecule has 710 valence electrons. The Morgan fingerprint density at radius 3 is 0.318 bits per heavy atom. The van der Waals surface area contributed by atoms with E-state index in [-0.39, 0.29) is 142 Å². The first-order chi connectivity index (χ1) is 59.2. The maximum absolute atomic E-state index is 13.9. The van der Waals surface area contributed by atoms with Crippen molar-refractivity contribution in [3.8, 4) is 46.0 Å². The Kier molecular flexibility index (Phi) is 47.1. The van der Waals surface area contributed by atoms with Crippen molar-refractivity contribution < 1.29 is 101 Å². The minimum atomic E-state index is -3.54. The normalized spacial score (nSPS) is 11.3. The monoisotopic (exact) mass is 2070 g/mol. The first-order valence-corrected chi connectivity index (χ1v) is 51.1. The standard InChI is InChI=1S/2C18H15AsO.4C14H22O2.3C8H10.2Mo.2O/c2*20-19(16-10-4-1-5-11-16,17-12-6-2-7-13-17)18-14-8-3-9-15-18;4*1-13(2,3)9-7-8-10(14(4,5)6)12(16)11(9)15;3*1-7-3-5-8(2)6-4-7;;;;/h2*1-15H;4*7-8,15-16H,1-6H3;3*3-6H,1-2H3;;;;/q;;;;;;;;;;;2*-2/p-8. The maximum Gasteiger partial charge on any atom is 0 e. The minimum absolute atomic E-state index is 0. The fourth-order valence-electron chi connectivity index (χ4n) is 13.6. The van der Waals surface area contributed by atoms with Gasteiger partial charge in [-0.15, -0.1) is 46.0 Å². The Labute approximate surface area is 825 Å². The van der Waals surface area contributed by atoms with Gasteiger partial charge in [0.1, 0.15) is 0 Å². The van der Waals surface area contributed by atoms with E-state index in [4.69, 9.17) is 0 Å². The van der Waals surface area contributed by atoms with Crippen LogP contribution in [0.25, 0.3) is 0 Å². The zero-order valence-electron chi connectivity index (χ0n) is 83.5. The zero-order valence-corrected chi connectivity index (χ0v) is 91.2. The summed E-state index contributed by atoms with van der Waals surface area (Å²) in [6, 6.07) is 98.7. The fourth-order valence-corrected chi connectivity index (χ4v) is 24.8. The summed E-state index contributed by atoms with van der Waals surface area (Å²) in [4.78, 5) is 0. The van der Waals surface area contributed by atoms with Crippen LogP contribution in [0.1, 0.15) is 244 Å². The van der Waals surface area contributed by atoms with Crippen molar-refractivity contribution in [1.82, 2.24) is 0 Å². The molecule has 0 unspecified atom stereocenters. The van der Waals surface area contributed by atoms with Crippen LogP contribution in [0.15, 0.2) is 303 Å². The molecule has 16 heteroatoms. The van der Waals surface area contributed by atoms with E-state index in [9.17, 15) is 48.3 Å². The molecule has 13 aromatic carbocycles. The quantitative estimate of drug-likeness (QED) is 0.142. The second-order valence-corrected chi connectivity index (χ2v) is 52.6. The van der Waals surface area contributed by atoms with Crippen molar-refractivity contribution in [1.29, 1.82) is 0 Å². The molecule has 0 saturated heterocycles. The molecule has 0 saturated carbocycles. The molecule has 13 aromatic rings. The third-order valence-corrected chi connectivity index (χ3v) is 34.2. The van der Waals surface area contributed by atoms with E-state index in [1.165, 1.54) is 33.4 Å². The Morgan fingerprint density at radius 2 is 0.242 bits per heavy atom. The van der Waals surface area contributed by atoms with Crippen LogP contribution in [0, 0.1) is 41.5 Å². The number of aryl methyl sites for hydroxylation is 6. The number of hydrogen-bond acceptors (Lipinski definition) is 10. The van der Waals surface area contributed by atoms with E-state index in [1.807, 2.05) is 348 Å². The maximum atomic E-state index is 13.9.